The standard InChI is InChI=1S/C20H21FN8O/c1-12-7-13(17-25-26-20(30)27(17)2)10-28(9-12)18-14-8-24-29(19(14)23-11-22-18)16-6-4-3-5-15(16)21/h3-6,8,11-13H,7,9-10H2,1-2H3,(H,26,30)/t12-,13-/m1/s1. The van der Waals surface area contributed by atoms with Crippen LogP contribution in [0.25, 0.3) is 16.7 Å². The van der Waals surface area contributed by atoms with Crippen molar-refractivity contribution in [1.29, 1.82) is 0 Å². The van der Waals surface area contributed by atoms with E-state index in [9.17, 15) is 9.18 Å². The maximum absolute atomic E-state index is 14.3. The van der Waals surface area contributed by atoms with Crippen LogP contribution in [0.2, 0.25) is 0 Å². The molecule has 1 aromatic carbocycles. The van der Waals surface area contributed by atoms with Crippen molar-refractivity contribution < 1.29 is 4.39 Å². The minimum absolute atomic E-state index is 0.0873. The maximum Gasteiger partial charge on any atom is 0.343 e. The molecule has 9 nitrogen and oxygen atoms in total. The van der Waals surface area contributed by atoms with Gasteiger partial charge in [-0.15, -0.1) is 0 Å². The van der Waals surface area contributed by atoms with Crippen LogP contribution in [0.5, 0.6) is 0 Å². The van der Waals surface area contributed by atoms with E-state index in [1.165, 1.54) is 17.1 Å². The van der Waals surface area contributed by atoms with Gasteiger partial charge in [0.1, 0.15) is 29.5 Å². The first-order chi connectivity index (χ1) is 14.5. The van der Waals surface area contributed by atoms with E-state index >= 15 is 0 Å². The minimum Gasteiger partial charge on any atom is -0.355 e. The summed E-state index contributed by atoms with van der Waals surface area (Å²) in [5.74, 6) is 1.59. The highest BCUT2D eigenvalue weighted by molar-refractivity contribution is 5.87. The Morgan fingerprint density at radius 2 is 2.03 bits per heavy atom. The van der Waals surface area contributed by atoms with Gasteiger partial charge in [-0.05, 0) is 24.5 Å². The van der Waals surface area contributed by atoms with Crippen LogP contribution in [-0.4, -0.2) is 47.6 Å². The number of aromatic amines is 1. The van der Waals surface area contributed by atoms with Crippen molar-refractivity contribution in [1.82, 2.24) is 34.5 Å². The van der Waals surface area contributed by atoms with Gasteiger partial charge in [-0.1, -0.05) is 19.1 Å². The molecule has 0 spiro atoms. The molecule has 154 valence electrons. The van der Waals surface area contributed by atoms with Crippen LogP contribution in [0.1, 0.15) is 25.1 Å². The highest BCUT2D eigenvalue weighted by atomic mass is 19.1. The summed E-state index contributed by atoms with van der Waals surface area (Å²) in [6, 6.07) is 6.47. The van der Waals surface area contributed by atoms with Gasteiger partial charge in [-0.3, -0.25) is 4.57 Å². The summed E-state index contributed by atoms with van der Waals surface area (Å²) in [5, 5.41) is 11.9. The van der Waals surface area contributed by atoms with E-state index in [4.69, 9.17) is 0 Å². The fourth-order valence-corrected chi connectivity index (χ4v) is 4.32. The second-order valence-electron chi connectivity index (χ2n) is 7.83. The van der Waals surface area contributed by atoms with Crippen molar-refractivity contribution in [3.8, 4) is 5.69 Å². The first-order valence-electron chi connectivity index (χ1n) is 9.82. The molecule has 1 aliphatic heterocycles. The van der Waals surface area contributed by atoms with Crippen LogP contribution in [0.4, 0.5) is 10.2 Å². The summed E-state index contributed by atoms with van der Waals surface area (Å²) < 4.78 is 17.4. The highest BCUT2D eigenvalue weighted by Gasteiger charge is 2.31. The highest BCUT2D eigenvalue weighted by Crippen LogP contribution is 2.33. The Morgan fingerprint density at radius 1 is 1.20 bits per heavy atom. The fourth-order valence-electron chi connectivity index (χ4n) is 4.32. The molecular weight excluding hydrogens is 387 g/mol. The summed E-state index contributed by atoms with van der Waals surface area (Å²) in [7, 11) is 1.73. The first kappa shape index (κ1) is 18.5. The number of H-pyrrole nitrogens is 1. The van der Waals surface area contributed by atoms with Gasteiger partial charge < -0.3 is 4.90 Å². The third-order valence-corrected chi connectivity index (χ3v) is 5.66. The van der Waals surface area contributed by atoms with Crippen LogP contribution in [0.15, 0.2) is 41.6 Å². The zero-order valence-electron chi connectivity index (χ0n) is 16.7. The zero-order chi connectivity index (χ0) is 20.8. The van der Waals surface area contributed by atoms with Crippen molar-refractivity contribution in [3.63, 3.8) is 0 Å². The number of nitrogens with zero attached hydrogens (tertiary/aromatic N) is 7. The average molecular weight is 408 g/mol. The lowest BCUT2D eigenvalue weighted by atomic mass is 9.89. The summed E-state index contributed by atoms with van der Waals surface area (Å²) in [6.07, 6.45) is 4.09. The molecule has 1 fully saturated rings. The molecular formula is C20H21FN8O. The smallest absolute Gasteiger partial charge is 0.343 e. The second-order valence-corrected chi connectivity index (χ2v) is 7.83. The van der Waals surface area contributed by atoms with E-state index < -0.39 is 0 Å². The normalized spacial score (nSPS) is 19.5. The molecule has 0 saturated carbocycles. The van der Waals surface area contributed by atoms with E-state index in [1.807, 2.05) is 0 Å². The minimum atomic E-state index is -0.367. The molecule has 5 rings (SSSR count). The molecule has 4 aromatic rings. The van der Waals surface area contributed by atoms with Gasteiger partial charge >= 0.3 is 5.69 Å². The molecule has 1 saturated heterocycles. The zero-order valence-corrected chi connectivity index (χ0v) is 16.7. The molecule has 10 heteroatoms. The van der Waals surface area contributed by atoms with E-state index in [0.717, 1.165) is 30.0 Å². The molecule has 1 aliphatic rings. The Bertz CT molecular complexity index is 1280. The van der Waals surface area contributed by atoms with E-state index in [-0.39, 0.29) is 17.4 Å². The molecule has 1 N–H and O–H groups in total. The summed E-state index contributed by atoms with van der Waals surface area (Å²) in [6.45, 7) is 3.65. The van der Waals surface area contributed by atoms with Crippen LogP contribution in [0, 0.1) is 11.7 Å². The number of hydrogen-bond donors (Lipinski definition) is 1. The molecule has 4 heterocycles. The molecule has 0 amide bonds. The third-order valence-electron chi connectivity index (χ3n) is 5.66. The quantitative estimate of drug-likeness (QED) is 0.557. The molecule has 30 heavy (non-hydrogen) atoms. The maximum atomic E-state index is 14.3. The Hall–Kier alpha value is -3.56. The van der Waals surface area contributed by atoms with Gasteiger partial charge in [-0.25, -0.2) is 28.9 Å². The molecule has 0 unspecified atom stereocenters. The van der Waals surface area contributed by atoms with Gasteiger partial charge in [0.05, 0.1) is 11.6 Å². The fraction of sp³-hybridized carbons (Fsp3) is 0.350. The Balaban J connectivity index is 1.55. The summed E-state index contributed by atoms with van der Waals surface area (Å²) in [5.41, 5.74) is 0.672. The van der Waals surface area contributed by atoms with E-state index in [1.54, 1.807) is 36.0 Å². The van der Waals surface area contributed by atoms with E-state index in [2.05, 4.69) is 37.1 Å². The number of aromatic nitrogens is 7. The van der Waals surface area contributed by atoms with Gasteiger partial charge in [0.15, 0.2) is 5.65 Å². The second kappa shape index (κ2) is 7.05. The predicted molar refractivity (Wildman–Crippen MR) is 109 cm³/mol. The molecule has 0 bridgehead atoms. The molecule has 0 radical (unpaired) electrons. The van der Waals surface area contributed by atoms with Crippen molar-refractivity contribution in [2.75, 3.05) is 18.0 Å². The number of halogens is 1. The lowest BCUT2D eigenvalue weighted by molar-refractivity contribution is 0.385. The molecule has 0 aliphatic carbocycles. The number of piperidine rings is 1. The number of anilines is 1. The lowest BCUT2D eigenvalue weighted by Crippen LogP contribution is -2.40. The Morgan fingerprint density at radius 3 is 2.80 bits per heavy atom. The lowest BCUT2D eigenvalue weighted by Gasteiger charge is -2.36. The van der Waals surface area contributed by atoms with Crippen LogP contribution < -0.4 is 10.6 Å². The van der Waals surface area contributed by atoms with Crippen LogP contribution in [0.3, 0.4) is 0 Å². The first-order valence-corrected chi connectivity index (χ1v) is 9.82. The van der Waals surface area contributed by atoms with Gasteiger partial charge in [0, 0.05) is 26.1 Å². The van der Waals surface area contributed by atoms with Gasteiger partial charge in [0.25, 0.3) is 0 Å². The van der Waals surface area contributed by atoms with Gasteiger partial charge in [-0.2, -0.15) is 10.2 Å². The largest absolute Gasteiger partial charge is 0.355 e. The topological polar surface area (TPSA) is 97.5 Å². The van der Waals surface area contributed by atoms with Crippen molar-refractivity contribution >= 4 is 16.9 Å². The Labute approximate surface area is 171 Å². The number of hydrogen-bond acceptors (Lipinski definition) is 6. The SMILES string of the molecule is C[C@@H]1C[C@@H](c2n[nH]c(=O)n2C)CN(c2ncnc3c2cnn3-c2ccccc2F)C1. The van der Waals surface area contributed by atoms with Gasteiger partial charge in [0.2, 0.25) is 0 Å². The van der Waals surface area contributed by atoms with Crippen molar-refractivity contribution in [3.05, 3.63) is 58.9 Å². The van der Waals surface area contributed by atoms with Crippen LogP contribution >= 0.6 is 0 Å². The number of rotatable bonds is 3. The van der Waals surface area contributed by atoms with E-state index in [0.29, 0.717) is 23.8 Å². The number of para-hydroxylation sites is 1. The van der Waals surface area contributed by atoms with Crippen LogP contribution in [-0.2, 0) is 7.05 Å². The predicted octanol–water partition coefficient (Wildman–Crippen LogP) is 2.01. The average Bonchev–Trinajstić information content (AvgIpc) is 3.31. The molecule has 2 atom stereocenters. The molecule has 3 aromatic heterocycles. The number of nitrogens with one attached hydrogen (secondary N) is 1. The summed E-state index contributed by atoms with van der Waals surface area (Å²) >= 11 is 0. The van der Waals surface area contributed by atoms with Crippen molar-refractivity contribution in [2.45, 2.75) is 19.3 Å². The van der Waals surface area contributed by atoms with Crippen molar-refractivity contribution in [2.24, 2.45) is 13.0 Å². The Kier molecular flexibility index (Phi) is 4.34. The monoisotopic (exact) mass is 408 g/mol. The number of benzene rings is 1. The third kappa shape index (κ3) is 2.95. The number of fused-ring (bicyclic) bond motifs is 1. The summed E-state index contributed by atoms with van der Waals surface area (Å²) in [4.78, 5) is 22.9.